The minimum atomic E-state index is 0.685. The molecule has 15 heavy (non-hydrogen) atoms. The number of rotatable bonds is 6. The van der Waals surface area contributed by atoms with E-state index in [2.05, 4.69) is 37.4 Å². The van der Waals surface area contributed by atoms with Crippen LogP contribution in [0.25, 0.3) is 0 Å². The van der Waals surface area contributed by atoms with Crippen molar-refractivity contribution in [3.05, 3.63) is 29.8 Å². The molecule has 1 aromatic rings. The van der Waals surface area contributed by atoms with Crippen LogP contribution in [-0.4, -0.2) is 12.8 Å². The van der Waals surface area contributed by atoms with Crippen LogP contribution < -0.4 is 5.73 Å². The van der Waals surface area contributed by atoms with Crippen molar-refractivity contribution in [3.8, 4) is 0 Å². The van der Waals surface area contributed by atoms with Gasteiger partial charge in [-0.15, -0.1) is 11.8 Å². The SMILES string of the molecule is CCC(CCCN)c1ccc(SC)cc1. The first-order valence-corrected chi connectivity index (χ1v) is 6.88. The molecule has 0 spiro atoms. The zero-order valence-electron chi connectivity index (χ0n) is 9.70. The zero-order chi connectivity index (χ0) is 11.1. The molecule has 0 bridgehead atoms. The molecule has 1 nitrogen and oxygen atoms in total. The van der Waals surface area contributed by atoms with Gasteiger partial charge in [0.05, 0.1) is 0 Å². The van der Waals surface area contributed by atoms with Crippen LogP contribution in [0, 0.1) is 0 Å². The molecule has 84 valence electrons. The summed E-state index contributed by atoms with van der Waals surface area (Å²) in [7, 11) is 0. The van der Waals surface area contributed by atoms with E-state index in [-0.39, 0.29) is 0 Å². The highest BCUT2D eigenvalue weighted by molar-refractivity contribution is 7.98. The maximum Gasteiger partial charge on any atom is 0.00693 e. The second-order valence-electron chi connectivity index (χ2n) is 3.81. The number of hydrogen-bond donors (Lipinski definition) is 1. The summed E-state index contributed by atoms with van der Waals surface area (Å²) in [4.78, 5) is 1.34. The summed E-state index contributed by atoms with van der Waals surface area (Å²) in [5, 5.41) is 0. The third kappa shape index (κ3) is 3.88. The van der Waals surface area contributed by atoms with Gasteiger partial charge in [0, 0.05) is 4.90 Å². The first-order valence-electron chi connectivity index (χ1n) is 5.65. The van der Waals surface area contributed by atoms with Crippen molar-refractivity contribution in [1.29, 1.82) is 0 Å². The predicted octanol–water partition coefficient (Wildman–Crippen LogP) is 3.64. The average Bonchev–Trinajstić information content (AvgIpc) is 2.31. The lowest BCUT2D eigenvalue weighted by Crippen LogP contribution is -2.03. The van der Waals surface area contributed by atoms with Gasteiger partial charge < -0.3 is 5.73 Å². The topological polar surface area (TPSA) is 26.0 Å². The molecular formula is C13H21NS. The fraction of sp³-hybridized carbons (Fsp3) is 0.538. The summed E-state index contributed by atoms with van der Waals surface area (Å²) >= 11 is 1.79. The minimum absolute atomic E-state index is 0.685. The first-order chi connectivity index (χ1) is 7.31. The van der Waals surface area contributed by atoms with Gasteiger partial charge in [0.2, 0.25) is 0 Å². The van der Waals surface area contributed by atoms with Crippen LogP contribution in [-0.2, 0) is 0 Å². The van der Waals surface area contributed by atoms with Gasteiger partial charge in [0.25, 0.3) is 0 Å². The fourth-order valence-corrected chi connectivity index (χ4v) is 2.26. The van der Waals surface area contributed by atoms with E-state index in [1.54, 1.807) is 11.8 Å². The van der Waals surface area contributed by atoms with E-state index < -0.39 is 0 Å². The van der Waals surface area contributed by atoms with Crippen molar-refractivity contribution >= 4 is 11.8 Å². The van der Waals surface area contributed by atoms with Crippen molar-refractivity contribution in [2.24, 2.45) is 5.73 Å². The van der Waals surface area contributed by atoms with Gasteiger partial charge in [-0.25, -0.2) is 0 Å². The molecule has 0 aliphatic rings. The molecule has 0 aliphatic carbocycles. The molecule has 2 heteroatoms. The quantitative estimate of drug-likeness (QED) is 0.745. The Bertz CT molecular complexity index is 268. The van der Waals surface area contributed by atoms with Gasteiger partial charge in [-0.2, -0.15) is 0 Å². The number of thioether (sulfide) groups is 1. The lowest BCUT2D eigenvalue weighted by molar-refractivity contribution is 0.581. The van der Waals surface area contributed by atoms with Crippen LogP contribution >= 0.6 is 11.8 Å². The Hall–Kier alpha value is -0.470. The Morgan fingerprint density at radius 3 is 2.40 bits per heavy atom. The molecule has 0 aliphatic heterocycles. The van der Waals surface area contributed by atoms with Gasteiger partial charge in [-0.05, 0) is 55.7 Å². The van der Waals surface area contributed by atoms with Crippen LogP contribution in [0.15, 0.2) is 29.2 Å². The molecule has 1 rings (SSSR count). The van der Waals surface area contributed by atoms with E-state index in [0.717, 1.165) is 13.0 Å². The Labute approximate surface area is 97.4 Å². The fourth-order valence-electron chi connectivity index (χ4n) is 1.85. The third-order valence-corrected chi connectivity index (χ3v) is 3.58. The number of benzene rings is 1. The normalized spacial score (nSPS) is 12.7. The monoisotopic (exact) mass is 223 g/mol. The molecule has 1 unspecified atom stereocenters. The van der Waals surface area contributed by atoms with Crippen molar-refractivity contribution < 1.29 is 0 Å². The standard InChI is InChI=1S/C13H21NS/c1-3-11(5-4-10-14)12-6-8-13(15-2)9-7-12/h6-9,11H,3-5,10,14H2,1-2H3. The zero-order valence-corrected chi connectivity index (χ0v) is 10.5. The van der Waals surface area contributed by atoms with Gasteiger partial charge >= 0.3 is 0 Å². The summed E-state index contributed by atoms with van der Waals surface area (Å²) in [6.07, 6.45) is 5.66. The highest BCUT2D eigenvalue weighted by Crippen LogP contribution is 2.26. The molecule has 2 N–H and O–H groups in total. The molecule has 0 amide bonds. The first kappa shape index (κ1) is 12.6. The summed E-state index contributed by atoms with van der Waals surface area (Å²) in [6.45, 7) is 3.06. The van der Waals surface area contributed by atoms with Crippen molar-refractivity contribution in [2.45, 2.75) is 37.0 Å². The average molecular weight is 223 g/mol. The Morgan fingerprint density at radius 1 is 1.27 bits per heavy atom. The molecule has 1 aromatic carbocycles. The van der Waals surface area contributed by atoms with Crippen molar-refractivity contribution in [1.82, 2.24) is 0 Å². The van der Waals surface area contributed by atoms with Gasteiger partial charge in [0.1, 0.15) is 0 Å². The molecule has 0 saturated heterocycles. The minimum Gasteiger partial charge on any atom is -0.330 e. The van der Waals surface area contributed by atoms with Crippen molar-refractivity contribution in [2.75, 3.05) is 12.8 Å². The maximum absolute atomic E-state index is 5.55. The highest BCUT2D eigenvalue weighted by Gasteiger charge is 2.08. The van der Waals surface area contributed by atoms with Gasteiger partial charge in [0.15, 0.2) is 0 Å². The van der Waals surface area contributed by atoms with E-state index in [1.165, 1.54) is 23.3 Å². The lowest BCUT2D eigenvalue weighted by Gasteiger charge is -2.15. The Balaban J connectivity index is 2.65. The molecule has 0 heterocycles. The summed E-state index contributed by atoms with van der Waals surface area (Å²) in [6, 6.07) is 8.95. The number of hydrogen-bond acceptors (Lipinski definition) is 2. The number of nitrogens with two attached hydrogens (primary N) is 1. The molecule has 0 fully saturated rings. The van der Waals surface area contributed by atoms with E-state index in [4.69, 9.17) is 5.73 Å². The summed E-state index contributed by atoms with van der Waals surface area (Å²) < 4.78 is 0. The van der Waals surface area contributed by atoms with Crippen LogP contribution in [0.2, 0.25) is 0 Å². The Morgan fingerprint density at radius 2 is 1.93 bits per heavy atom. The summed E-state index contributed by atoms with van der Waals surface area (Å²) in [5.41, 5.74) is 7.01. The van der Waals surface area contributed by atoms with E-state index in [0.29, 0.717) is 5.92 Å². The van der Waals surface area contributed by atoms with Crippen LogP contribution in [0.5, 0.6) is 0 Å². The Kier molecular flexibility index (Phi) is 5.81. The van der Waals surface area contributed by atoms with E-state index in [9.17, 15) is 0 Å². The van der Waals surface area contributed by atoms with Crippen LogP contribution in [0.3, 0.4) is 0 Å². The lowest BCUT2D eigenvalue weighted by atomic mass is 9.92. The van der Waals surface area contributed by atoms with E-state index >= 15 is 0 Å². The third-order valence-electron chi connectivity index (χ3n) is 2.84. The van der Waals surface area contributed by atoms with Crippen LogP contribution in [0.1, 0.15) is 37.7 Å². The molecule has 1 atom stereocenters. The second kappa shape index (κ2) is 6.91. The largest absolute Gasteiger partial charge is 0.330 e. The van der Waals surface area contributed by atoms with Gasteiger partial charge in [-0.3, -0.25) is 0 Å². The van der Waals surface area contributed by atoms with E-state index in [1.807, 2.05) is 0 Å². The molecule has 0 aromatic heterocycles. The molecule has 0 saturated carbocycles. The highest BCUT2D eigenvalue weighted by atomic mass is 32.2. The summed E-state index contributed by atoms with van der Waals surface area (Å²) in [5.74, 6) is 0.685. The van der Waals surface area contributed by atoms with Crippen molar-refractivity contribution in [3.63, 3.8) is 0 Å². The van der Waals surface area contributed by atoms with Gasteiger partial charge in [-0.1, -0.05) is 19.1 Å². The molecular weight excluding hydrogens is 202 g/mol. The predicted molar refractivity (Wildman–Crippen MR) is 69.5 cm³/mol. The maximum atomic E-state index is 5.55. The molecule has 0 radical (unpaired) electrons. The van der Waals surface area contributed by atoms with Crippen LogP contribution in [0.4, 0.5) is 0 Å². The second-order valence-corrected chi connectivity index (χ2v) is 4.69. The smallest absolute Gasteiger partial charge is 0.00693 e.